The minimum absolute atomic E-state index is 0.199. The molecule has 0 N–H and O–H groups in total. The predicted molar refractivity (Wildman–Crippen MR) is 123 cm³/mol. The van der Waals surface area contributed by atoms with Crippen LogP contribution in [0.1, 0.15) is 48.3 Å². The van der Waals surface area contributed by atoms with Crippen LogP contribution in [-0.2, 0) is 6.11 Å². The molecule has 38 heavy (non-hydrogen) atoms. The molecular formula is C28H19F9O. The first kappa shape index (κ1) is 27.4. The van der Waals surface area contributed by atoms with E-state index in [1.807, 2.05) is 6.08 Å². The summed E-state index contributed by atoms with van der Waals surface area (Å²) in [6.45, 7) is 3.73. The highest BCUT2D eigenvalue weighted by Gasteiger charge is 2.41. The van der Waals surface area contributed by atoms with Crippen LogP contribution in [0, 0.1) is 41.0 Å². The Morgan fingerprint density at radius 3 is 2.05 bits per heavy atom. The Kier molecular flexibility index (Phi) is 7.42. The molecule has 4 rings (SSSR count). The Balaban J connectivity index is 1.62. The molecule has 1 saturated carbocycles. The third-order valence-corrected chi connectivity index (χ3v) is 6.51. The molecule has 10 heteroatoms. The van der Waals surface area contributed by atoms with E-state index in [1.54, 1.807) is 0 Å². The molecule has 3 aromatic rings. The molecule has 1 fully saturated rings. The second-order valence-electron chi connectivity index (χ2n) is 9.00. The van der Waals surface area contributed by atoms with Crippen LogP contribution in [0.3, 0.4) is 0 Å². The van der Waals surface area contributed by atoms with Gasteiger partial charge in [0.15, 0.2) is 0 Å². The van der Waals surface area contributed by atoms with E-state index in [2.05, 4.69) is 11.3 Å². The van der Waals surface area contributed by atoms with Crippen molar-refractivity contribution >= 4 is 10.8 Å². The molecule has 1 aliphatic carbocycles. The smallest absolute Gasteiger partial charge is 0.429 e. The summed E-state index contributed by atoms with van der Waals surface area (Å²) >= 11 is 0. The minimum atomic E-state index is -5.00. The SMILES string of the molecule is C=CC1CCC(c2cc(F)c(C(F)(F)Oc3ccc4c(F)c(C#CC(F)(F)F)c(F)cc4c3)c(F)c2)CC1. The van der Waals surface area contributed by atoms with E-state index in [0.29, 0.717) is 24.8 Å². The molecule has 1 aliphatic rings. The van der Waals surface area contributed by atoms with E-state index in [-0.39, 0.29) is 16.9 Å². The van der Waals surface area contributed by atoms with Gasteiger partial charge in [0.25, 0.3) is 0 Å². The second kappa shape index (κ2) is 10.3. The Bertz CT molecular complexity index is 1420. The van der Waals surface area contributed by atoms with Crippen molar-refractivity contribution in [1.29, 1.82) is 0 Å². The largest absolute Gasteiger partial charge is 0.458 e. The number of allylic oxidation sites excluding steroid dienone is 1. The average molecular weight is 542 g/mol. The topological polar surface area (TPSA) is 9.23 Å². The standard InChI is InChI=1S/C28H19F9O/c1-2-15-3-5-16(6-4-15)17-12-23(30)25(24(31)13-17)28(36,37)38-19-7-8-20-18(11-19)14-22(29)21(26(20)32)9-10-27(33,34)35/h2,7-8,11-16H,1,3-6H2. The van der Waals surface area contributed by atoms with Crippen molar-refractivity contribution in [3.05, 3.63) is 89.0 Å². The molecule has 0 atom stereocenters. The lowest BCUT2D eigenvalue weighted by molar-refractivity contribution is -0.189. The van der Waals surface area contributed by atoms with Crippen molar-refractivity contribution < 1.29 is 44.3 Å². The summed E-state index contributed by atoms with van der Waals surface area (Å²) in [7, 11) is 0. The van der Waals surface area contributed by atoms with Gasteiger partial charge in [0.05, 0.1) is 5.56 Å². The van der Waals surface area contributed by atoms with E-state index in [1.165, 1.54) is 5.92 Å². The van der Waals surface area contributed by atoms with Crippen LogP contribution in [0.5, 0.6) is 5.75 Å². The second-order valence-corrected chi connectivity index (χ2v) is 9.00. The Hall–Kier alpha value is -3.61. The summed E-state index contributed by atoms with van der Waals surface area (Å²) in [6.07, 6.45) is -4.92. The summed E-state index contributed by atoms with van der Waals surface area (Å²) in [5.41, 5.74) is -2.53. The minimum Gasteiger partial charge on any atom is -0.429 e. The normalized spacial score (nSPS) is 18.1. The van der Waals surface area contributed by atoms with Crippen LogP contribution < -0.4 is 4.74 Å². The molecular weight excluding hydrogens is 523 g/mol. The molecule has 0 unspecified atom stereocenters. The quantitative estimate of drug-likeness (QED) is 0.178. The molecule has 0 bridgehead atoms. The van der Waals surface area contributed by atoms with Crippen LogP contribution in [0.25, 0.3) is 10.8 Å². The Morgan fingerprint density at radius 2 is 1.47 bits per heavy atom. The Morgan fingerprint density at radius 1 is 0.842 bits per heavy atom. The molecule has 200 valence electrons. The highest BCUT2D eigenvalue weighted by atomic mass is 19.4. The van der Waals surface area contributed by atoms with E-state index < -0.39 is 57.8 Å². The van der Waals surface area contributed by atoms with Gasteiger partial charge < -0.3 is 4.74 Å². The zero-order valence-electron chi connectivity index (χ0n) is 19.5. The zero-order chi connectivity index (χ0) is 27.8. The molecule has 0 amide bonds. The lowest BCUT2D eigenvalue weighted by atomic mass is 9.78. The van der Waals surface area contributed by atoms with Gasteiger partial charge >= 0.3 is 12.3 Å². The maximum atomic E-state index is 14.9. The number of hydrogen-bond donors (Lipinski definition) is 0. The van der Waals surface area contributed by atoms with Crippen LogP contribution in [0.4, 0.5) is 39.5 Å². The number of hydrogen-bond acceptors (Lipinski definition) is 1. The first-order valence-electron chi connectivity index (χ1n) is 11.5. The molecule has 3 aromatic carbocycles. The number of benzene rings is 3. The van der Waals surface area contributed by atoms with Gasteiger partial charge in [-0.2, -0.15) is 22.0 Å². The number of halogens is 9. The van der Waals surface area contributed by atoms with Gasteiger partial charge in [-0.3, -0.25) is 0 Å². The third kappa shape index (κ3) is 5.77. The lowest BCUT2D eigenvalue weighted by Gasteiger charge is -2.27. The number of fused-ring (bicyclic) bond motifs is 1. The van der Waals surface area contributed by atoms with Gasteiger partial charge in [-0.1, -0.05) is 12.0 Å². The fraction of sp³-hybridized carbons (Fsp3) is 0.286. The molecule has 0 aromatic heterocycles. The van der Waals surface area contributed by atoms with E-state index in [0.717, 1.165) is 49.1 Å². The highest BCUT2D eigenvalue weighted by Crippen LogP contribution is 2.41. The first-order chi connectivity index (χ1) is 17.8. The van der Waals surface area contributed by atoms with Crippen molar-refractivity contribution in [2.45, 2.75) is 43.9 Å². The highest BCUT2D eigenvalue weighted by molar-refractivity contribution is 5.86. The van der Waals surface area contributed by atoms with Crippen LogP contribution in [0.2, 0.25) is 0 Å². The molecule has 0 radical (unpaired) electrons. The van der Waals surface area contributed by atoms with Gasteiger partial charge in [0.1, 0.15) is 34.6 Å². The lowest BCUT2D eigenvalue weighted by Crippen LogP contribution is -2.25. The number of alkyl halides is 5. The summed E-state index contributed by atoms with van der Waals surface area (Å²) in [6, 6.07) is 4.70. The van der Waals surface area contributed by atoms with E-state index in [9.17, 15) is 39.5 Å². The van der Waals surface area contributed by atoms with E-state index >= 15 is 0 Å². The van der Waals surface area contributed by atoms with Crippen LogP contribution in [-0.4, -0.2) is 6.18 Å². The summed E-state index contributed by atoms with van der Waals surface area (Å²) < 4.78 is 130. The third-order valence-electron chi connectivity index (χ3n) is 6.51. The fourth-order valence-corrected chi connectivity index (χ4v) is 4.61. The average Bonchev–Trinajstić information content (AvgIpc) is 2.82. The molecule has 0 spiro atoms. The van der Waals surface area contributed by atoms with Gasteiger partial charge in [0, 0.05) is 11.3 Å². The van der Waals surface area contributed by atoms with E-state index in [4.69, 9.17) is 0 Å². The van der Waals surface area contributed by atoms with Gasteiger partial charge in [-0.25, -0.2) is 17.6 Å². The Labute approximate surface area is 211 Å². The van der Waals surface area contributed by atoms with Gasteiger partial charge in [-0.15, -0.1) is 6.58 Å². The maximum Gasteiger partial charge on any atom is 0.458 e. The molecule has 0 saturated heterocycles. The first-order valence-corrected chi connectivity index (χ1v) is 11.5. The number of ether oxygens (including phenoxy) is 1. The zero-order valence-corrected chi connectivity index (χ0v) is 19.5. The summed E-state index contributed by atoms with van der Waals surface area (Å²) in [5.74, 6) is -4.41. The van der Waals surface area contributed by atoms with Gasteiger partial charge in [0.2, 0.25) is 0 Å². The van der Waals surface area contributed by atoms with Crippen molar-refractivity contribution in [1.82, 2.24) is 0 Å². The summed E-state index contributed by atoms with van der Waals surface area (Å²) in [4.78, 5) is 0. The van der Waals surface area contributed by atoms with Crippen molar-refractivity contribution in [3.8, 4) is 17.6 Å². The number of rotatable bonds is 5. The van der Waals surface area contributed by atoms with Crippen LogP contribution >= 0.6 is 0 Å². The molecule has 0 heterocycles. The summed E-state index contributed by atoms with van der Waals surface area (Å²) in [5, 5.41) is -0.779. The molecule has 1 nitrogen and oxygen atoms in total. The fourth-order valence-electron chi connectivity index (χ4n) is 4.61. The van der Waals surface area contributed by atoms with Gasteiger partial charge in [-0.05, 0) is 84.9 Å². The van der Waals surface area contributed by atoms with Crippen molar-refractivity contribution in [2.24, 2.45) is 5.92 Å². The monoisotopic (exact) mass is 542 g/mol. The maximum absolute atomic E-state index is 14.9. The predicted octanol–water partition coefficient (Wildman–Crippen LogP) is 8.90. The van der Waals surface area contributed by atoms with Crippen LogP contribution in [0.15, 0.2) is 49.1 Å². The molecule has 0 aliphatic heterocycles. The van der Waals surface area contributed by atoms with Crippen molar-refractivity contribution in [2.75, 3.05) is 0 Å². The van der Waals surface area contributed by atoms with Crippen molar-refractivity contribution in [3.63, 3.8) is 0 Å².